The highest BCUT2D eigenvalue weighted by Crippen LogP contribution is 2.28. The van der Waals surface area contributed by atoms with Crippen LogP contribution in [0.2, 0.25) is 5.02 Å². The van der Waals surface area contributed by atoms with Gasteiger partial charge in [0, 0.05) is 13.1 Å². The predicted molar refractivity (Wildman–Crippen MR) is 94.9 cm³/mol. The lowest BCUT2D eigenvalue weighted by Crippen LogP contribution is -2.57. The lowest BCUT2D eigenvalue weighted by molar-refractivity contribution is -0.139. The molecule has 1 aromatic rings. The molecule has 2 aliphatic rings. The summed E-state index contributed by atoms with van der Waals surface area (Å²) >= 11 is 6.18. The number of halogens is 1. The van der Waals surface area contributed by atoms with Crippen LogP contribution in [-0.2, 0) is 9.59 Å². The predicted octanol–water partition coefficient (Wildman–Crippen LogP) is 2.42. The summed E-state index contributed by atoms with van der Waals surface area (Å²) in [5.41, 5.74) is 6.90. The molecule has 1 atom stereocenters. The van der Waals surface area contributed by atoms with Crippen LogP contribution in [0.5, 0.6) is 0 Å². The first-order valence-electron chi connectivity index (χ1n) is 8.67. The van der Waals surface area contributed by atoms with Crippen molar-refractivity contribution in [3.63, 3.8) is 0 Å². The molecule has 2 N–H and O–H groups in total. The van der Waals surface area contributed by atoms with Gasteiger partial charge in [0.2, 0.25) is 11.8 Å². The SMILES string of the molecule is NC(C(=O)N1CCN(c2ccccc2Cl)C(=O)C1)C1CCCCC1. The number of para-hydroxylation sites is 1. The van der Waals surface area contributed by atoms with E-state index >= 15 is 0 Å². The Balaban J connectivity index is 1.63. The third-order valence-electron chi connectivity index (χ3n) is 5.12. The molecule has 1 saturated heterocycles. The van der Waals surface area contributed by atoms with Crippen LogP contribution in [0.3, 0.4) is 0 Å². The molecule has 5 nitrogen and oxygen atoms in total. The molecule has 6 heteroatoms. The fraction of sp³-hybridized carbons (Fsp3) is 0.556. The second kappa shape index (κ2) is 7.53. The van der Waals surface area contributed by atoms with Gasteiger partial charge in [-0.15, -0.1) is 0 Å². The summed E-state index contributed by atoms with van der Waals surface area (Å²) in [5.74, 6) is 0.0514. The number of carbonyl (C=O) groups is 2. The second-order valence-electron chi connectivity index (χ2n) is 6.68. The zero-order valence-electron chi connectivity index (χ0n) is 13.8. The normalized spacial score (nSPS) is 21.0. The molecule has 3 rings (SSSR count). The molecule has 1 unspecified atom stereocenters. The number of rotatable bonds is 3. The van der Waals surface area contributed by atoms with Crippen molar-refractivity contribution >= 4 is 29.1 Å². The summed E-state index contributed by atoms with van der Waals surface area (Å²) in [5, 5.41) is 0.546. The van der Waals surface area contributed by atoms with Gasteiger partial charge >= 0.3 is 0 Å². The zero-order chi connectivity index (χ0) is 17.1. The summed E-state index contributed by atoms with van der Waals surface area (Å²) in [4.78, 5) is 28.4. The van der Waals surface area contributed by atoms with Crippen molar-refractivity contribution in [2.75, 3.05) is 24.5 Å². The number of hydrogen-bond donors (Lipinski definition) is 1. The molecule has 24 heavy (non-hydrogen) atoms. The van der Waals surface area contributed by atoms with E-state index in [1.54, 1.807) is 15.9 Å². The molecule has 0 radical (unpaired) electrons. The maximum absolute atomic E-state index is 12.7. The van der Waals surface area contributed by atoms with Crippen molar-refractivity contribution < 1.29 is 9.59 Å². The highest BCUT2D eigenvalue weighted by molar-refractivity contribution is 6.33. The Morgan fingerprint density at radius 3 is 2.54 bits per heavy atom. The van der Waals surface area contributed by atoms with Crippen LogP contribution in [0.15, 0.2) is 24.3 Å². The first kappa shape index (κ1) is 17.2. The highest BCUT2D eigenvalue weighted by atomic mass is 35.5. The van der Waals surface area contributed by atoms with E-state index in [9.17, 15) is 9.59 Å². The van der Waals surface area contributed by atoms with Gasteiger partial charge in [0.25, 0.3) is 0 Å². The maximum Gasteiger partial charge on any atom is 0.246 e. The molecular formula is C18H24ClN3O2. The van der Waals surface area contributed by atoms with Gasteiger partial charge in [0.05, 0.1) is 16.8 Å². The van der Waals surface area contributed by atoms with Crippen molar-refractivity contribution in [2.45, 2.75) is 38.1 Å². The fourth-order valence-corrected chi connectivity index (χ4v) is 3.93. The summed E-state index contributed by atoms with van der Waals surface area (Å²) in [6.07, 6.45) is 5.54. The average molecular weight is 350 g/mol. The van der Waals surface area contributed by atoms with E-state index < -0.39 is 6.04 Å². The molecule has 1 aromatic carbocycles. The largest absolute Gasteiger partial charge is 0.330 e. The maximum atomic E-state index is 12.7. The molecule has 130 valence electrons. The number of piperazine rings is 1. The van der Waals surface area contributed by atoms with Crippen LogP contribution < -0.4 is 10.6 Å². The van der Waals surface area contributed by atoms with Crippen LogP contribution in [-0.4, -0.2) is 42.4 Å². The van der Waals surface area contributed by atoms with Crippen LogP contribution in [0, 0.1) is 5.92 Å². The number of amides is 2. The number of nitrogens with zero attached hydrogens (tertiary/aromatic N) is 2. The first-order valence-corrected chi connectivity index (χ1v) is 9.05. The van der Waals surface area contributed by atoms with Crippen LogP contribution >= 0.6 is 11.6 Å². The Kier molecular flexibility index (Phi) is 5.41. The van der Waals surface area contributed by atoms with E-state index in [-0.39, 0.29) is 24.3 Å². The Morgan fingerprint density at radius 2 is 1.88 bits per heavy atom. The molecule has 2 amide bonds. The minimum atomic E-state index is -0.482. The third kappa shape index (κ3) is 3.57. The number of benzene rings is 1. The monoisotopic (exact) mass is 349 g/mol. The molecule has 0 spiro atoms. The summed E-state index contributed by atoms with van der Waals surface area (Å²) in [6.45, 7) is 1.02. The Hall–Kier alpha value is -1.59. The molecular weight excluding hydrogens is 326 g/mol. The van der Waals surface area contributed by atoms with Crippen molar-refractivity contribution in [2.24, 2.45) is 11.7 Å². The van der Waals surface area contributed by atoms with Crippen LogP contribution in [0.4, 0.5) is 5.69 Å². The van der Waals surface area contributed by atoms with Gasteiger partial charge in [-0.3, -0.25) is 9.59 Å². The molecule has 0 bridgehead atoms. The molecule has 1 aliphatic carbocycles. The van der Waals surface area contributed by atoms with Crippen LogP contribution in [0.1, 0.15) is 32.1 Å². The van der Waals surface area contributed by atoms with Crippen molar-refractivity contribution in [3.05, 3.63) is 29.3 Å². The Morgan fingerprint density at radius 1 is 1.17 bits per heavy atom. The topological polar surface area (TPSA) is 66.6 Å². The molecule has 1 saturated carbocycles. The van der Waals surface area contributed by atoms with E-state index in [1.165, 1.54) is 6.42 Å². The van der Waals surface area contributed by atoms with Gasteiger partial charge < -0.3 is 15.5 Å². The van der Waals surface area contributed by atoms with Gasteiger partial charge in [-0.25, -0.2) is 0 Å². The molecule has 1 aliphatic heterocycles. The quantitative estimate of drug-likeness (QED) is 0.911. The lowest BCUT2D eigenvalue weighted by atomic mass is 9.83. The summed E-state index contributed by atoms with van der Waals surface area (Å²) < 4.78 is 0. The van der Waals surface area contributed by atoms with Gasteiger partial charge in [0.15, 0.2) is 0 Å². The summed E-state index contributed by atoms with van der Waals surface area (Å²) in [7, 11) is 0. The minimum Gasteiger partial charge on any atom is -0.330 e. The summed E-state index contributed by atoms with van der Waals surface area (Å²) in [6, 6.07) is 6.79. The standard InChI is InChI=1S/C18H24ClN3O2/c19-14-8-4-5-9-15(14)22-11-10-21(12-16(22)23)18(24)17(20)13-6-2-1-3-7-13/h4-5,8-9,13,17H,1-3,6-7,10-12,20H2. The van der Waals surface area contributed by atoms with Crippen LogP contribution in [0.25, 0.3) is 0 Å². The number of nitrogens with two attached hydrogens (primary N) is 1. The number of hydrogen-bond acceptors (Lipinski definition) is 3. The van der Waals surface area contributed by atoms with Gasteiger partial charge in [0.1, 0.15) is 6.54 Å². The molecule has 1 heterocycles. The van der Waals surface area contributed by atoms with E-state index in [2.05, 4.69) is 0 Å². The van der Waals surface area contributed by atoms with Gasteiger partial charge in [-0.1, -0.05) is 43.0 Å². The highest BCUT2D eigenvalue weighted by Gasteiger charge is 2.34. The molecule has 0 aromatic heterocycles. The van der Waals surface area contributed by atoms with E-state index in [1.807, 2.05) is 18.2 Å². The van der Waals surface area contributed by atoms with E-state index in [0.717, 1.165) is 25.7 Å². The molecule has 2 fully saturated rings. The Labute approximate surface area is 147 Å². The smallest absolute Gasteiger partial charge is 0.246 e. The second-order valence-corrected chi connectivity index (χ2v) is 7.09. The van der Waals surface area contributed by atoms with Crippen molar-refractivity contribution in [1.82, 2.24) is 4.90 Å². The third-order valence-corrected chi connectivity index (χ3v) is 5.44. The van der Waals surface area contributed by atoms with E-state index in [0.29, 0.717) is 23.8 Å². The first-order chi connectivity index (χ1) is 11.6. The van der Waals surface area contributed by atoms with E-state index in [4.69, 9.17) is 17.3 Å². The number of carbonyl (C=O) groups excluding carboxylic acids is 2. The zero-order valence-corrected chi connectivity index (χ0v) is 14.5. The minimum absolute atomic E-state index is 0.0739. The van der Waals surface area contributed by atoms with Crippen molar-refractivity contribution in [1.29, 1.82) is 0 Å². The van der Waals surface area contributed by atoms with Gasteiger partial charge in [-0.2, -0.15) is 0 Å². The lowest BCUT2D eigenvalue weighted by Gasteiger charge is -2.37. The fourth-order valence-electron chi connectivity index (χ4n) is 3.69. The average Bonchev–Trinajstić information content (AvgIpc) is 2.62. The number of anilines is 1. The van der Waals surface area contributed by atoms with Crippen molar-refractivity contribution in [3.8, 4) is 0 Å². The Bertz CT molecular complexity index is 616. The van der Waals surface area contributed by atoms with Gasteiger partial charge in [-0.05, 0) is 30.9 Å².